The molecule has 0 aliphatic heterocycles. The van der Waals surface area contributed by atoms with Gasteiger partial charge in [0.05, 0.1) is 15.9 Å². The summed E-state index contributed by atoms with van der Waals surface area (Å²) >= 11 is 1.26. The predicted octanol–water partition coefficient (Wildman–Crippen LogP) is 2.05. The van der Waals surface area contributed by atoms with Gasteiger partial charge in [-0.3, -0.25) is 15.5 Å². The first kappa shape index (κ1) is 13.2. The molecule has 0 spiro atoms. The standard InChI is InChI=1S/C10H9FN4O3S/c11-8-3-6(15(16)17)1-2-9(8)18-5-7-4-13-10(14-12)19-7/h1-4H,5,12H2,(H,13,14). The summed E-state index contributed by atoms with van der Waals surface area (Å²) < 4.78 is 18.7. The van der Waals surface area contributed by atoms with E-state index in [-0.39, 0.29) is 18.0 Å². The minimum absolute atomic E-state index is 0.0544. The first-order valence-electron chi connectivity index (χ1n) is 5.08. The molecule has 3 N–H and O–H groups in total. The SMILES string of the molecule is NNc1ncc(COc2ccc([N+](=O)[O-])cc2F)s1. The lowest BCUT2D eigenvalue weighted by atomic mass is 10.3. The molecular formula is C10H9FN4O3S. The Morgan fingerprint density at radius 3 is 2.95 bits per heavy atom. The van der Waals surface area contributed by atoms with E-state index in [2.05, 4.69) is 10.4 Å². The van der Waals surface area contributed by atoms with E-state index in [9.17, 15) is 14.5 Å². The molecule has 0 amide bonds. The molecular weight excluding hydrogens is 275 g/mol. The van der Waals surface area contributed by atoms with E-state index in [0.717, 1.165) is 10.9 Å². The highest BCUT2D eigenvalue weighted by Gasteiger charge is 2.12. The minimum atomic E-state index is -0.782. The molecule has 1 aromatic carbocycles. The van der Waals surface area contributed by atoms with Crippen LogP contribution in [0.25, 0.3) is 0 Å². The van der Waals surface area contributed by atoms with Crippen LogP contribution in [0.2, 0.25) is 0 Å². The highest BCUT2D eigenvalue weighted by Crippen LogP contribution is 2.24. The number of hydrogen-bond acceptors (Lipinski definition) is 7. The van der Waals surface area contributed by atoms with Gasteiger partial charge in [-0.05, 0) is 6.07 Å². The summed E-state index contributed by atoms with van der Waals surface area (Å²) in [7, 11) is 0. The van der Waals surface area contributed by atoms with Crippen molar-refractivity contribution in [1.82, 2.24) is 4.98 Å². The van der Waals surface area contributed by atoms with Crippen molar-refractivity contribution in [3.63, 3.8) is 0 Å². The van der Waals surface area contributed by atoms with Gasteiger partial charge in [0.15, 0.2) is 16.7 Å². The average molecular weight is 284 g/mol. The van der Waals surface area contributed by atoms with E-state index in [4.69, 9.17) is 10.6 Å². The molecule has 0 aliphatic carbocycles. The Kier molecular flexibility index (Phi) is 3.88. The number of hydrazine groups is 1. The zero-order valence-corrected chi connectivity index (χ0v) is 10.3. The molecule has 0 fully saturated rings. The van der Waals surface area contributed by atoms with Crippen LogP contribution in [0.4, 0.5) is 15.2 Å². The monoisotopic (exact) mass is 284 g/mol. The van der Waals surface area contributed by atoms with Gasteiger partial charge < -0.3 is 4.74 Å². The summed E-state index contributed by atoms with van der Waals surface area (Å²) in [5.41, 5.74) is 2.06. The first-order valence-corrected chi connectivity index (χ1v) is 5.90. The molecule has 0 saturated carbocycles. The number of nitrogen functional groups attached to an aromatic ring is 1. The Hall–Kier alpha value is -2.26. The number of ether oxygens (including phenoxy) is 1. The summed E-state index contributed by atoms with van der Waals surface area (Å²) in [6.45, 7) is 0.105. The van der Waals surface area contributed by atoms with Crippen LogP contribution in [0.5, 0.6) is 5.75 Å². The molecule has 9 heteroatoms. The van der Waals surface area contributed by atoms with Crippen molar-refractivity contribution >= 4 is 22.2 Å². The van der Waals surface area contributed by atoms with Crippen molar-refractivity contribution < 1.29 is 14.1 Å². The average Bonchev–Trinajstić information content (AvgIpc) is 2.85. The summed E-state index contributed by atoms with van der Waals surface area (Å²) in [6.07, 6.45) is 1.54. The summed E-state index contributed by atoms with van der Waals surface area (Å²) in [6, 6.07) is 3.21. The molecule has 100 valence electrons. The number of halogens is 1. The fourth-order valence-corrected chi connectivity index (χ4v) is 1.95. The van der Waals surface area contributed by atoms with E-state index in [1.54, 1.807) is 6.20 Å². The number of nitro benzene ring substituents is 1. The summed E-state index contributed by atoms with van der Waals surface area (Å²) in [5, 5.41) is 11.0. The van der Waals surface area contributed by atoms with Crippen LogP contribution < -0.4 is 16.0 Å². The molecule has 0 bridgehead atoms. The molecule has 0 atom stereocenters. The topological polar surface area (TPSA) is 103 Å². The maximum atomic E-state index is 13.5. The van der Waals surface area contributed by atoms with Gasteiger partial charge in [-0.2, -0.15) is 0 Å². The van der Waals surface area contributed by atoms with Crippen molar-refractivity contribution in [2.24, 2.45) is 5.84 Å². The predicted molar refractivity (Wildman–Crippen MR) is 67.3 cm³/mol. The van der Waals surface area contributed by atoms with Crippen molar-refractivity contribution in [2.75, 3.05) is 5.43 Å². The third-order valence-electron chi connectivity index (χ3n) is 2.17. The zero-order chi connectivity index (χ0) is 13.8. The normalized spacial score (nSPS) is 10.2. The molecule has 2 rings (SSSR count). The minimum Gasteiger partial charge on any atom is -0.485 e. The zero-order valence-electron chi connectivity index (χ0n) is 9.50. The molecule has 1 heterocycles. The number of anilines is 1. The van der Waals surface area contributed by atoms with Gasteiger partial charge in [0.25, 0.3) is 5.69 Å². The number of nitrogens with one attached hydrogen (secondary N) is 1. The lowest BCUT2D eigenvalue weighted by Gasteiger charge is -2.05. The fourth-order valence-electron chi connectivity index (χ4n) is 1.31. The van der Waals surface area contributed by atoms with Crippen LogP contribution in [0.15, 0.2) is 24.4 Å². The van der Waals surface area contributed by atoms with Gasteiger partial charge in [0.1, 0.15) is 6.61 Å². The second-order valence-corrected chi connectivity index (χ2v) is 4.55. The number of nitrogens with zero attached hydrogens (tertiary/aromatic N) is 2. The third kappa shape index (κ3) is 3.14. The lowest BCUT2D eigenvalue weighted by molar-refractivity contribution is -0.385. The van der Waals surface area contributed by atoms with Crippen LogP contribution in [0, 0.1) is 15.9 Å². The van der Waals surface area contributed by atoms with E-state index in [0.29, 0.717) is 5.13 Å². The van der Waals surface area contributed by atoms with Crippen LogP contribution in [-0.2, 0) is 6.61 Å². The number of nitro groups is 1. The number of non-ortho nitro benzene ring substituents is 1. The first-order chi connectivity index (χ1) is 9.10. The quantitative estimate of drug-likeness (QED) is 0.495. The number of aromatic nitrogens is 1. The van der Waals surface area contributed by atoms with Crippen LogP contribution in [0.3, 0.4) is 0 Å². The molecule has 0 aliphatic rings. The van der Waals surface area contributed by atoms with Gasteiger partial charge in [0.2, 0.25) is 0 Å². The van der Waals surface area contributed by atoms with Crippen LogP contribution >= 0.6 is 11.3 Å². The van der Waals surface area contributed by atoms with E-state index >= 15 is 0 Å². The Morgan fingerprint density at radius 2 is 2.37 bits per heavy atom. The summed E-state index contributed by atoms with van der Waals surface area (Å²) in [5.74, 6) is 4.34. The van der Waals surface area contributed by atoms with Crippen LogP contribution in [0.1, 0.15) is 4.88 Å². The van der Waals surface area contributed by atoms with Crippen molar-refractivity contribution in [3.05, 3.63) is 45.2 Å². The molecule has 0 unspecified atom stereocenters. The van der Waals surface area contributed by atoms with E-state index in [1.165, 1.54) is 23.5 Å². The highest BCUT2D eigenvalue weighted by molar-refractivity contribution is 7.15. The molecule has 2 aromatic rings. The second-order valence-electron chi connectivity index (χ2n) is 3.44. The molecule has 0 radical (unpaired) electrons. The Morgan fingerprint density at radius 1 is 1.58 bits per heavy atom. The van der Waals surface area contributed by atoms with Gasteiger partial charge in [-0.15, -0.1) is 0 Å². The third-order valence-corrected chi connectivity index (χ3v) is 3.08. The van der Waals surface area contributed by atoms with Crippen molar-refractivity contribution in [3.8, 4) is 5.75 Å². The summed E-state index contributed by atoms with van der Waals surface area (Å²) in [4.78, 5) is 14.4. The number of thiazole rings is 1. The second kappa shape index (κ2) is 5.59. The van der Waals surface area contributed by atoms with Crippen molar-refractivity contribution in [2.45, 2.75) is 6.61 Å². The van der Waals surface area contributed by atoms with E-state index in [1.807, 2.05) is 0 Å². The maximum absolute atomic E-state index is 13.5. The maximum Gasteiger partial charge on any atom is 0.272 e. The Labute approximate surface area is 111 Å². The molecule has 19 heavy (non-hydrogen) atoms. The number of benzene rings is 1. The Bertz CT molecular complexity index is 604. The smallest absolute Gasteiger partial charge is 0.272 e. The molecule has 0 saturated heterocycles. The fraction of sp³-hybridized carbons (Fsp3) is 0.100. The van der Waals surface area contributed by atoms with Gasteiger partial charge in [-0.1, -0.05) is 11.3 Å². The number of hydrogen-bond donors (Lipinski definition) is 2. The molecule has 1 aromatic heterocycles. The Balaban J connectivity index is 2.05. The van der Waals surface area contributed by atoms with Crippen molar-refractivity contribution in [1.29, 1.82) is 0 Å². The van der Waals surface area contributed by atoms with Crippen LogP contribution in [-0.4, -0.2) is 9.91 Å². The highest BCUT2D eigenvalue weighted by atomic mass is 32.1. The largest absolute Gasteiger partial charge is 0.485 e. The molecule has 7 nitrogen and oxygen atoms in total. The van der Waals surface area contributed by atoms with Gasteiger partial charge >= 0.3 is 0 Å². The number of nitrogens with two attached hydrogens (primary N) is 1. The van der Waals surface area contributed by atoms with E-state index < -0.39 is 10.7 Å². The lowest BCUT2D eigenvalue weighted by Crippen LogP contribution is -2.05. The van der Waals surface area contributed by atoms with Gasteiger partial charge in [-0.25, -0.2) is 15.2 Å². The number of rotatable bonds is 5. The van der Waals surface area contributed by atoms with Gasteiger partial charge in [0, 0.05) is 12.3 Å².